The molecule has 2 aromatic carbocycles. The second-order valence-electron chi connectivity index (χ2n) is 5.20. The van der Waals surface area contributed by atoms with E-state index in [9.17, 15) is 13.6 Å². The Kier molecular flexibility index (Phi) is 4.46. The zero-order valence-corrected chi connectivity index (χ0v) is 13.1. The van der Waals surface area contributed by atoms with Crippen molar-refractivity contribution in [3.05, 3.63) is 64.1 Å². The largest absolute Gasteiger partial charge is 0.289 e. The summed E-state index contributed by atoms with van der Waals surface area (Å²) >= 11 is 5.75. The lowest BCUT2D eigenvalue weighted by atomic mass is 10.1. The molecule has 24 heavy (non-hydrogen) atoms. The predicted molar refractivity (Wildman–Crippen MR) is 86.7 cm³/mol. The molecule has 1 amide bonds. The molecule has 0 saturated carbocycles. The standard InChI is InChI=1S/C16H13ClF2N4O/c17-11-3-2-10(13(19)6-11)8-23-14-5-9(7-18)1-4-12(14)15(22-23)16(24)21-20/h1-6H,7-8,20H2,(H,21,24). The summed E-state index contributed by atoms with van der Waals surface area (Å²) in [5.41, 5.74) is 3.39. The second-order valence-corrected chi connectivity index (χ2v) is 5.64. The monoisotopic (exact) mass is 350 g/mol. The summed E-state index contributed by atoms with van der Waals surface area (Å²) in [6, 6.07) is 9.02. The third-order valence-corrected chi connectivity index (χ3v) is 3.89. The SMILES string of the molecule is NNC(=O)c1nn(Cc2ccc(Cl)cc2F)c2cc(CF)ccc12. The summed E-state index contributed by atoms with van der Waals surface area (Å²) in [4.78, 5) is 11.9. The maximum absolute atomic E-state index is 14.0. The minimum Gasteiger partial charge on any atom is -0.289 e. The maximum Gasteiger partial charge on any atom is 0.286 e. The van der Waals surface area contributed by atoms with E-state index in [1.807, 2.05) is 5.43 Å². The lowest BCUT2D eigenvalue weighted by molar-refractivity contribution is 0.0949. The Morgan fingerprint density at radius 1 is 1.29 bits per heavy atom. The van der Waals surface area contributed by atoms with Crippen molar-refractivity contribution in [1.29, 1.82) is 0 Å². The van der Waals surface area contributed by atoms with Gasteiger partial charge in [-0.15, -0.1) is 0 Å². The average molecular weight is 351 g/mol. The van der Waals surface area contributed by atoms with E-state index in [1.54, 1.807) is 24.3 Å². The molecule has 0 aliphatic carbocycles. The number of benzene rings is 2. The molecule has 1 aromatic heterocycles. The molecule has 1 heterocycles. The van der Waals surface area contributed by atoms with Crippen LogP contribution in [0.1, 0.15) is 21.6 Å². The number of alkyl halides is 1. The molecule has 0 saturated heterocycles. The lowest BCUT2D eigenvalue weighted by Gasteiger charge is -2.06. The molecule has 0 atom stereocenters. The maximum atomic E-state index is 14.0. The Labute approximate surface area is 141 Å². The molecule has 0 aliphatic rings. The number of hydrazine groups is 1. The highest BCUT2D eigenvalue weighted by Crippen LogP contribution is 2.23. The smallest absolute Gasteiger partial charge is 0.286 e. The Hall–Kier alpha value is -2.51. The number of rotatable bonds is 4. The van der Waals surface area contributed by atoms with Gasteiger partial charge >= 0.3 is 0 Å². The van der Waals surface area contributed by atoms with Crippen LogP contribution >= 0.6 is 11.6 Å². The third-order valence-electron chi connectivity index (χ3n) is 3.65. The molecule has 0 fully saturated rings. The van der Waals surface area contributed by atoms with Gasteiger partial charge in [0.2, 0.25) is 0 Å². The van der Waals surface area contributed by atoms with Crippen molar-refractivity contribution >= 4 is 28.4 Å². The van der Waals surface area contributed by atoms with Gasteiger partial charge in [-0.25, -0.2) is 14.6 Å². The normalized spacial score (nSPS) is 11.0. The van der Waals surface area contributed by atoms with E-state index in [2.05, 4.69) is 5.10 Å². The fourth-order valence-electron chi connectivity index (χ4n) is 2.47. The molecule has 8 heteroatoms. The van der Waals surface area contributed by atoms with Gasteiger partial charge < -0.3 is 0 Å². The van der Waals surface area contributed by atoms with Crippen LogP contribution in [0.4, 0.5) is 8.78 Å². The number of halogens is 3. The first-order valence-corrected chi connectivity index (χ1v) is 7.41. The van der Waals surface area contributed by atoms with E-state index in [1.165, 1.54) is 16.8 Å². The highest BCUT2D eigenvalue weighted by Gasteiger charge is 2.18. The number of fused-ring (bicyclic) bond motifs is 1. The summed E-state index contributed by atoms with van der Waals surface area (Å²) in [6.45, 7) is -0.595. The van der Waals surface area contributed by atoms with Crippen molar-refractivity contribution in [2.45, 2.75) is 13.2 Å². The Balaban J connectivity index is 2.13. The van der Waals surface area contributed by atoms with E-state index in [-0.39, 0.29) is 17.3 Å². The molecule has 0 unspecified atom stereocenters. The predicted octanol–water partition coefficient (Wildman–Crippen LogP) is 2.95. The van der Waals surface area contributed by atoms with Crippen LogP contribution in [0.2, 0.25) is 5.02 Å². The van der Waals surface area contributed by atoms with Gasteiger partial charge in [0.05, 0.1) is 12.1 Å². The van der Waals surface area contributed by atoms with E-state index < -0.39 is 18.4 Å². The number of aromatic nitrogens is 2. The number of hydrogen-bond acceptors (Lipinski definition) is 3. The first-order chi connectivity index (χ1) is 11.5. The number of carbonyl (C=O) groups excluding carboxylic acids is 1. The van der Waals surface area contributed by atoms with Crippen LogP contribution in [0, 0.1) is 5.82 Å². The van der Waals surface area contributed by atoms with E-state index in [0.717, 1.165) is 0 Å². The van der Waals surface area contributed by atoms with E-state index in [4.69, 9.17) is 17.4 Å². The zero-order chi connectivity index (χ0) is 17.3. The van der Waals surface area contributed by atoms with Crippen LogP contribution in [0.15, 0.2) is 36.4 Å². The number of nitrogens with zero attached hydrogens (tertiary/aromatic N) is 2. The van der Waals surface area contributed by atoms with Crippen molar-refractivity contribution < 1.29 is 13.6 Å². The van der Waals surface area contributed by atoms with Crippen molar-refractivity contribution in [2.24, 2.45) is 5.84 Å². The summed E-state index contributed by atoms with van der Waals surface area (Å²) in [5, 5.41) is 4.98. The van der Waals surface area contributed by atoms with Crippen molar-refractivity contribution in [1.82, 2.24) is 15.2 Å². The van der Waals surface area contributed by atoms with Gasteiger partial charge in [0.15, 0.2) is 5.69 Å². The molecular formula is C16H13ClF2N4O. The van der Waals surface area contributed by atoms with Gasteiger partial charge in [-0.1, -0.05) is 29.8 Å². The Morgan fingerprint density at radius 3 is 2.75 bits per heavy atom. The minimum atomic E-state index is -0.658. The summed E-state index contributed by atoms with van der Waals surface area (Å²) in [6.07, 6.45) is 0. The lowest BCUT2D eigenvalue weighted by Crippen LogP contribution is -2.30. The van der Waals surface area contributed by atoms with Crippen LogP contribution in [0.3, 0.4) is 0 Å². The number of hydrogen-bond donors (Lipinski definition) is 2. The van der Waals surface area contributed by atoms with Crippen LogP contribution in [0.25, 0.3) is 10.9 Å². The van der Waals surface area contributed by atoms with E-state index >= 15 is 0 Å². The first kappa shape index (κ1) is 16.4. The highest BCUT2D eigenvalue weighted by atomic mass is 35.5. The van der Waals surface area contributed by atoms with Crippen LogP contribution in [-0.2, 0) is 13.2 Å². The molecule has 0 spiro atoms. The summed E-state index contributed by atoms with van der Waals surface area (Å²) < 4.78 is 28.4. The number of carbonyl (C=O) groups is 1. The number of nitrogen functional groups attached to an aromatic ring is 1. The molecule has 3 N–H and O–H groups in total. The highest BCUT2D eigenvalue weighted by molar-refractivity contribution is 6.30. The number of nitrogens with two attached hydrogens (primary N) is 1. The van der Waals surface area contributed by atoms with Crippen LogP contribution < -0.4 is 11.3 Å². The van der Waals surface area contributed by atoms with Crippen LogP contribution in [0.5, 0.6) is 0 Å². The molecule has 0 bridgehead atoms. The topological polar surface area (TPSA) is 72.9 Å². The fourth-order valence-corrected chi connectivity index (χ4v) is 2.63. The van der Waals surface area contributed by atoms with Crippen molar-refractivity contribution in [2.75, 3.05) is 0 Å². The quantitative estimate of drug-likeness (QED) is 0.431. The molecule has 3 aromatic rings. The molecule has 124 valence electrons. The molecule has 0 aliphatic heterocycles. The number of nitrogens with one attached hydrogen (secondary N) is 1. The van der Waals surface area contributed by atoms with Gasteiger partial charge in [0.1, 0.15) is 12.5 Å². The summed E-state index contributed by atoms with van der Waals surface area (Å²) in [5.74, 6) is 4.10. The molecule has 3 rings (SSSR count). The first-order valence-electron chi connectivity index (χ1n) is 7.03. The fraction of sp³-hybridized carbons (Fsp3) is 0.125. The second kappa shape index (κ2) is 6.54. The van der Waals surface area contributed by atoms with Gasteiger partial charge in [0.25, 0.3) is 5.91 Å². The molecule has 5 nitrogen and oxygen atoms in total. The van der Waals surface area contributed by atoms with Gasteiger partial charge in [-0.05, 0) is 23.8 Å². The van der Waals surface area contributed by atoms with E-state index in [0.29, 0.717) is 22.0 Å². The number of amides is 1. The summed E-state index contributed by atoms with van der Waals surface area (Å²) in [7, 11) is 0. The van der Waals surface area contributed by atoms with Crippen molar-refractivity contribution in [3.63, 3.8) is 0 Å². The third kappa shape index (κ3) is 2.95. The molecule has 0 radical (unpaired) electrons. The van der Waals surface area contributed by atoms with Crippen molar-refractivity contribution in [3.8, 4) is 0 Å². The van der Waals surface area contributed by atoms with Gasteiger partial charge in [0, 0.05) is 16.0 Å². The Bertz CT molecular complexity index is 926. The molecular weight excluding hydrogens is 338 g/mol. The average Bonchev–Trinajstić information content (AvgIpc) is 2.94. The van der Waals surface area contributed by atoms with Crippen LogP contribution in [-0.4, -0.2) is 15.7 Å². The zero-order valence-electron chi connectivity index (χ0n) is 12.4. The van der Waals surface area contributed by atoms with Gasteiger partial charge in [-0.2, -0.15) is 5.10 Å². The Morgan fingerprint density at radius 2 is 2.08 bits per heavy atom. The minimum absolute atomic E-state index is 0.0626. The van der Waals surface area contributed by atoms with Gasteiger partial charge in [-0.3, -0.25) is 14.9 Å².